The molecule has 1 saturated heterocycles. The van der Waals surface area contributed by atoms with Crippen molar-refractivity contribution in [3.05, 3.63) is 52.8 Å². The van der Waals surface area contributed by atoms with E-state index in [4.69, 9.17) is 0 Å². The van der Waals surface area contributed by atoms with Crippen molar-refractivity contribution in [1.29, 1.82) is 0 Å². The summed E-state index contributed by atoms with van der Waals surface area (Å²) in [6.07, 6.45) is 3.38. The van der Waals surface area contributed by atoms with Crippen LogP contribution in [0.25, 0.3) is 0 Å². The molecule has 6 nitrogen and oxygen atoms in total. The first kappa shape index (κ1) is 17.4. The Kier molecular flexibility index (Phi) is 4.72. The molecular weight excluding hydrogens is 318 g/mol. The van der Waals surface area contributed by atoms with Crippen molar-refractivity contribution < 1.29 is 14.7 Å². The Balaban J connectivity index is 1.69. The van der Waals surface area contributed by atoms with Gasteiger partial charge in [0.1, 0.15) is 0 Å². The van der Waals surface area contributed by atoms with E-state index in [1.807, 2.05) is 45.3 Å². The Morgan fingerprint density at radius 2 is 1.92 bits per heavy atom. The van der Waals surface area contributed by atoms with Gasteiger partial charge in [0, 0.05) is 19.7 Å². The molecule has 132 valence electrons. The SMILES string of the molecule is Cc1cc(C)cc(C(O)CN2C(=O)CC(Cc3cnn(C)c3)C2=O)c1. The third kappa shape index (κ3) is 3.79. The van der Waals surface area contributed by atoms with Gasteiger partial charge in [0.2, 0.25) is 11.8 Å². The maximum Gasteiger partial charge on any atom is 0.233 e. The van der Waals surface area contributed by atoms with Gasteiger partial charge in [-0.3, -0.25) is 19.2 Å². The number of amides is 2. The number of rotatable bonds is 5. The van der Waals surface area contributed by atoms with Crippen molar-refractivity contribution in [3.63, 3.8) is 0 Å². The summed E-state index contributed by atoms with van der Waals surface area (Å²) in [6, 6.07) is 5.79. The van der Waals surface area contributed by atoms with Gasteiger partial charge in [0.25, 0.3) is 0 Å². The third-order valence-electron chi connectivity index (χ3n) is 4.56. The van der Waals surface area contributed by atoms with E-state index in [0.29, 0.717) is 6.42 Å². The van der Waals surface area contributed by atoms with Gasteiger partial charge in [0.15, 0.2) is 0 Å². The zero-order valence-corrected chi connectivity index (χ0v) is 14.8. The van der Waals surface area contributed by atoms with Gasteiger partial charge in [-0.05, 0) is 31.4 Å². The highest BCUT2D eigenvalue weighted by Crippen LogP contribution is 2.26. The Morgan fingerprint density at radius 1 is 1.24 bits per heavy atom. The van der Waals surface area contributed by atoms with Crippen LogP contribution in [0.5, 0.6) is 0 Å². The Bertz CT molecular complexity index is 792. The molecule has 1 fully saturated rings. The molecule has 0 bridgehead atoms. The van der Waals surface area contributed by atoms with Gasteiger partial charge >= 0.3 is 0 Å². The molecule has 1 aliphatic heterocycles. The van der Waals surface area contributed by atoms with E-state index in [1.165, 1.54) is 4.90 Å². The summed E-state index contributed by atoms with van der Waals surface area (Å²) < 4.78 is 1.68. The fraction of sp³-hybridized carbons (Fsp3) is 0.421. The number of hydrogen-bond donors (Lipinski definition) is 1. The van der Waals surface area contributed by atoms with Crippen LogP contribution in [-0.2, 0) is 23.1 Å². The molecule has 2 amide bonds. The molecule has 0 radical (unpaired) electrons. The number of carbonyl (C=O) groups is 2. The number of hydrogen-bond acceptors (Lipinski definition) is 4. The molecular formula is C19H23N3O3. The van der Waals surface area contributed by atoms with E-state index in [1.54, 1.807) is 10.9 Å². The average Bonchev–Trinajstić information content (AvgIpc) is 3.05. The minimum absolute atomic E-state index is 0.00407. The monoisotopic (exact) mass is 341 g/mol. The molecule has 2 unspecified atom stereocenters. The maximum atomic E-state index is 12.6. The van der Waals surface area contributed by atoms with E-state index in [9.17, 15) is 14.7 Å². The van der Waals surface area contributed by atoms with Crippen molar-refractivity contribution in [1.82, 2.24) is 14.7 Å². The second kappa shape index (κ2) is 6.80. The van der Waals surface area contributed by atoms with E-state index >= 15 is 0 Å². The van der Waals surface area contributed by atoms with E-state index in [2.05, 4.69) is 5.10 Å². The van der Waals surface area contributed by atoms with Crippen LogP contribution in [0.1, 0.15) is 34.8 Å². The van der Waals surface area contributed by atoms with Crippen LogP contribution in [-0.4, -0.2) is 38.1 Å². The second-order valence-electron chi connectivity index (χ2n) is 6.91. The van der Waals surface area contributed by atoms with Crippen LogP contribution < -0.4 is 0 Å². The second-order valence-corrected chi connectivity index (χ2v) is 6.91. The lowest BCUT2D eigenvalue weighted by Gasteiger charge is -2.20. The molecule has 0 spiro atoms. The van der Waals surface area contributed by atoms with Crippen LogP contribution in [0.4, 0.5) is 0 Å². The molecule has 0 saturated carbocycles. The van der Waals surface area contributed by atoms with E-state index in [-0.39, 0.29) is 30.7 Å². The summed E-state index contributed by atoms with van der Waals surface area (Å²) in [7, 11) is 1.82. The van der Waals surface area contributed by atoms with Gasteiger partial charge in [0.05, 0.1) is 24.8 Å². The number of nitrogens with zero attached hydrogens (tertiary/aromatic N) is 3. The largest absolute Gasteiger partial charge is 0.387 e. The average molecular weight is 341 g/mol. The fourth-order valence-electron chi connectivity index (χ4n) is 3.45. The number of carbonyl (C=O) groups excluding carboxylic acids is 2. The standard InChI is InChI=1S/C19H23N3O3/c1-12-4-13(2)6-15(5-12)17(23)11-22-18(24)8-16(19(22)25)7-14-9-20-21(3)10-14/h4-6,9-10,16-17,23H,7-8,11H2,1-3H3. The predicted octanol–water partition coefficient (Wildman–Crippen LogP) is 1.69. The lowest BCUT2D eigenvalue weighted by atomic mass is 10.00. The Labute approximate surface area is 147 Å². The Morgan fingerprint density at radius 3 is 2.52 bits per heavy atom. The van der Waals surface area contributed by atoms with Crippen LogP contribution in [0, 0.1) is 19.8 Å². The summed E-state index contributed by atoms with van der Waals surface area (Å²) >= 11 is 0. The van der Waals surface area contributed by atoms with Crippen molar-refractivity contribution in [2.24, 2.45) is 13.0 Å². The summed E-state index contributed by atoms with van der Waals surface area (Å²) in [4.78, 5) is 26.1. The first-order chi connectivity index (χ1) is 11.8. The molecule has 2 atom stereocenters. The number of benzene rings is 1. The quantitative estimate of drug-likeness (QED) is 0.840. The number of imide groups is 1. The van der Waals surface area contributed by atoms with Crippen molar-refractivity contribution in [3.8, 4) is 0 Å². The van der Waals surface area contributed by atoms with Crippen molar-refractivity contribution in [2.75, 3.05) is 6.54 Å². The fourth-order valence-corrected chi connectivity index (χ4v) is 3.45. The number of aliphatic hydroxyl groups is 1. The van der Waals surface area contributed by atoms with Gasteiger partial charge in [-0.2, -0.15) is 5.10 Å². The van der Waals surface area contributed by atoms with Gasteiger partial charge in [-0.25, -0.2) is 0 Å². The van der Waals surface area contributed by atoms with E-state index in [0.717, 1.165) is 22.3 Å². The predicted molar refractivity (Wildman–Crippen MR) is 92.6 cm³/mol. The maximum absolute atomic E-state index is 12.6. The molecule has 1 N–H and O–H groups in total. The smallest absolute Gasteiger partial charge is 0.233 e. The van der Waals surface area contributed by atoms with Crippen LogP contribution in [0.2, 0.25) is 0 Å². The minimum atomic E-state index is -0.872. The van der Waals surface area contributed by atoms with Crippen LogP contribution in [0.15, 0.2) is 30.6 Å². The zero-order valence-electron chi connectivity index (χ0n) is 14.8. The molecule has 2 aromatic rings. The summed E-state index contributed by atoms with van der Waals surface area (Å²) in [6.45, 7) is 3.92. The minimum Gasteiger partial charge on any atom is -0.387 e. The topological polar surface area (TPSA) is 75.4 Å². The molecule has 1 aromatic carbocycles. The lowest BCUT2D eigenvalue weighted by Crippen LogP contribution is -2.34. The zero-order chi connectivity index (χ0) is 18.1. The van der Waals surface area contributed by atoms with E-state index < -0.39 is 6.10 Å². The lowest BCUT2D eigenvalue weighted by molar-refractivity contribution is -0.141. The van der Waals surface area contributed by atoms with Crippen molar-refractivity contribution >= 4 is 11.8 Å². The molecule has 2 heterocycles. The molecule has 1 aliphatic rings. The summed E-state index contributed by atoms with van der Waals surface area (Å²) in [5.41, 5.74) is 3.75. The van der Waals surface area contributed by atoms with Crippen LogP contribution >= 0.6 is 0 Å². The van der Waals surface area contributed by atoms with Gasteiger partial charge in [-0.15, -0.1) is 0 Å². The number of aliphatic hydroxyl groups excluding tert-OH is 1. The normalized spacial score (nSPS) is 18.9. The summed E-state index contributed by atoms with van der Waals surface area (Å²) in [5.74, 6) is -0.803. The molecule has 3 rings (SSSR count). The number of β-amino-alcohol motifs (C(OH)–C–C–N with tert-alkyl or cyclic N) is 1. The number of aryl methyl sites for hydroxylation is 3. The van der Waals surface area contributed by atoms with Crippen LogP contribution in [0.3, 0.4) is 0 Å². The Hall–Kier alpha value is -2.47. The van der Waals surface area contributed by atoms with Crippen molar-refractivity contribution in [2.45, 2.75) is 32.8 Å². The highest BCUT2D eigenvalue weighted by Gasteiger charge is 2.39. The first-order valence-corrected chi connectivity index (χ1v) is 8.41. The molecule has 0 aliphatic carbocycles. The van der Waals surface area contributed by atoms with Gasteiger partial charge in [-0.1, -0.05) is 29.3 Å². The summed E-state index contributed by atoms with van der Waals surface area (Å²) in [5, 5.41) is 14.6. The number of aromatic nitrogens is 2. The highest BCUT2D eigenvalue weighted by molar-refractivity contribution is 6.03. The van der Waals surface area contributed by atoms with Gasteiger partial charge < -0.3 is 5.11 Å². The number of likely N-dealkylation sites (tertiary alicyclic amines) is 1. The third-order valence-corrected chi connectivity index (χ3v) is 4.56. The first-order valence-electron chi connectivity index (χ1n) is 8.41. The highest BCUT2D eigenvalue weighted by atomic mass is 16.3. The molecule has 6 heteroatoms. The molecule has 25 heavy (non-hydrogen) atoms. The molecule has 1 aromatic heterocycles.